The Morgan fingerprint density at radius 1 is 0.912 bits per heavy atom. The number of hydrogen-bond donors (Lipinski definition) is 3. The number of amides is 4. The van der Waals surface area contributed by atoms with Gasteiger partial charge in [-0.2, -0.15) is 0 Å². The lowest BCUT2D eigenvalue weighted by molar-refractivity contribution is -0.134. The summed E-state index contributed by atoms with van der Waals surface area (Å²) >= 11 is 0. The fourth-order valence-electron chi connectivity index (χ4n) is 6.43. The number of likely N-dealkylation sites (tertiary alicyclic amines) is 1. The smallest absolute Gasteiger partial charge is 0.408 e. The summed E-state index contributed by atoms with van der Waals surface area (Å²) in [6.45, 7) is 10.7. The van der Waals surface area contributed by atoms with Gasteiger partial charge in [0.15, 0.2) is 11.6 Å². The fourth-order valence-corrected chi connectivity index (χ4v) is 6.43. The molecule has 2 atom stereocenters. The van der Waals surface area contributed by atoms with Crippen LogP contribution in [0, 0.1) is 18.7 Å². The maximum Gasteiger partial charge on any atom is 0.408 e. The van der Waals surface area contributed by atoms with Crippen LogP contribution in [0.2, 0.25) is 0 Å². The molecule has 0 aliphatic carbocycles. The number of ketones is 1. The number of piperidine rings is 1. The van der Waals surface area contributed by atoms with Crippen molar-refractivity contribution < 1.29 is 37.8 Å². The number of carbonyl (C=O) groups is 5. The standard InChI is InChI=1S/C43H51FN6O7/c1-28-11-10-14-32(23-28)36(39(53)49-21-19-31(20-22-49)37(51)30-15-17-33(44)18-16-30)50-24-35(45-27-50)47-38(52)34(26-56-25-29-12-8-7-9-13-29)46-40(54)43(5,6)48-41(55)57-42(2,3)4/h7-18,23-24,27,31,34,36H,19-22,25-26H2,1-6H3,(H,46,54)(H,47,52)(H,48,55). The van der Waals surface area contributed by atoms with Crippen molar-refractivity contribution >= 4 is 35.4 Å². The van der Waals surface area contributed by atoms with Gasteiger partial charge in [-0.15, -0.1) is 0 Å². The summed E-state index contributed by atoms with van der Waals surface area (Å²) in [6.07, 6.45) is 3.12. The van der Waals surface area contributed by atoms with Crippen molar-refractivity contribution in [3.8, 4) is 0 Å². The second-order valence-corrected chi connectivity index (χ2v) is 15.8. The Morgan fingerprint density at radius 2 is 1.60 bits per heavy atom. The van der Waals surface area contributed by atoms with Gasteiger partial charge in [0.05, 0.1) is 19.5 Å². The first-order valence-electron chi connectivity index (χ1n) is 18.9. The summed E-state index contributed by atoms with van der Waals surface area (Å²) in [6, 6.07) is 20.3. The molecule has 0 radical (unpaired) electrons. The maximum atomic E-state index is 14.3. The van der Waals surface area contributed by atoms with E-state index in [1.807, 2.05) is 61.5 Å². The maximum absolute atomic E-state index is 14.3. The van der Waals surface area contributed by atoms with Gasteiger partial charge in [0, 0.05) is 30.8 Å². The number of halogens is 1. The molecular formula is C43H51FN6O7. The lowest BCUT2D eigenvalue weighted by Gasteiger charge is -2.34. The number of Topliss-reactive ketones (excluding diaryl/α,β-unsaturated/α-hetero) is 1. The van der Waals surface area contributed by atoms with E-state index in [2.05, 4.69) is 20.9 Å². The van der Waals surface area contributed by atoms with Crippen molar-refractivity contribution in [3.05, 3.63) is 119 Å². The molecule has 1 aliphatic rings. The zero-order valence-electron chi connectivity index (χ0n) is 33.2. The van der Waals surface area contributed by atoms with E-state index in [0.29, 0.717) is 37.1 Å². The average molecular weight is 783 g/mol. The van der Waals surface area contributed by atoms with Crippen molar-refractivity contribution in [2.45, 2.75) is 84.2 Å². The first kappa shape index (κ1) is 42.3. The van der Waals surface area contributed by atoms with Crippen LogP contribution in [-0.4, -0.2) is 80.9 Å². The van der Waals surface area contributed by atoms with Crippen LogP contribution in [0.3, 0.4) is 0 Å². The number of hydrogen-bond acceptors (Lipinski definition) is 8. The number of ether oxygens (including phenoxy) is 2. The van der Waals surface area contributed by atoms with Gasteiger partial charge in [-0.05, 0) is 89.8 Å². The Labute approximate surface area is 332 Å². The number of alkyl carbamates (subject to hydrolysis) is 1. The number of nitrogens with one attached hydrogen (secondary N) is 3. The molecule has 4 amide bonds. The quantitative estimate of drug-likeness (QED) is 0.132. The third kappa shape index (κ3) is 11.8. The highest BCUT2D eigenvalue weighted by molar-refractivity contribution is 5.99. The summed E-state index contributed by atoms with van der Waals surface area (Å²) in [5.41, 5.74) is 0.702. The summed E-state index contributed by atoms with van der Waals surface area (Å²) < 4.78 is 26.3. The summed E-state index contributed by atoms with van der Waals surface area (Å²) in [4.78, 5) is 73.4. The van der Waals surface area contributed by atoms with Crippen molar-refractivity contribution in [2.24, 2.45) is 5.92 Å². The van der Waals surface area contributed by atoms with E-state index in [4.69, 9.17) is 9.47 Å². The van der Waals surface area contributed by atoms with E-state index < -0.39 is 46.9 Å². The van der Waals surface area contributed by atoms with Crippen LogP contribution in [0.25, 0.3) is 0 Å². The van der Waals surface area contributed by atoms with E-state index in [1.165, 1.54) is 44.4 Å². The van der Waals surface area contributed by atoms with Crippen LogP contribution in [0.4, 0.5) is 15.0 Å². The zero-order valence-corrected chi connectivity index (χ0v) is 33.2. The Morgan fingerprint density at radius 3 is 2.25 bits per heavy atom. The molecule has 4 aromatic rings. The molecule has 1 aromatic heterocycles. The molecule has 3 N–H and O–H groups in total. The van der Waals surface area contributed by atoms with Crippen molar-refractivity contribution in [2.75, 3.05) is 25.0 Å². The highest BCUT2D eigenvalue weighted by Gasteiger charge is 2.36. The molecule has 2 heterocycles. The molecule has 3 aromatic carbocycles. The van der Waals surface area contributed by atoms with Gasteiger partial charge in [0.25, 0.3) is 5.91 Å². The molecule has 2 unspecified atom stereocenters. The molecule has 0 spiro atoms. The lowest BCUT2D eigenvalue weighted by Crippen LogP contribution is -2.59. The van der Waals surface area contributed by atoms with Gasteiger partial charge in [0.1, 0.15) is 29.0 Å². The molecule has 1 fully saturated rings. The van der Waals surface area contributed by atoms with Gasteiger partial charge in [-0.1, -0.05) is 60.2 Å². The zero-order chi connectivity index (χ0) is 41.3. The van der Waals surface area contributed by atoms with Crippen molar-refractivity contribution in [1.29, 1.82) is 0 Å². The highest BCUT2D eigenvalue weighted by atomic mass is 19.1. The molecule has 5 rings (SSSR count). The van der Waals surface area contributed by atoms with Gasteiger partial charge in [-0.25, -0.2) is 14.2 Å². The lowest BCUT2D eigenvalue weighted by atomic mass is 9.88. The number of imidazole rings is 1. The van der Waals surface area contributed by atoms with E-state index in [0.717, 1.165) is 11.1 Å². The minimum absolute atomic E-state index is 0.0739. The second-order valence-electron chi connectivity index (χ2n) is 15.8. The minimum Gasteiger partial charge on any atom is -0.444 e. The number of rotatable bonds is 14. The third-order valence-electron chi connectivity index (χ3n) is 9.45. The summed E-state index contributed by atoms with van der Waals surface area (Å²) in [7, 11) is 0. The van der Waals surface area contributed by atoms with Crippen LogP contribution in [-0.2, 0) is 30.5 Å². The number of anilines is 1. The number of benzene rings is 3. The molecule has 57 heavy (non-hydrogen) atoms. The fraction of sp³-hybridized carbons (Fsp3) is 0.395. The molecule has 13 nitrogen and oxygen atoms in total. The monoisotopic (exact) mass is 782 g/mol. The number of carbonyl (C=O) groups excluding carboxylic acids is 5. The largest absolute Gasteiger partial charge is 0.444 e. The first-order valence-corrected chi connectivity index (χ1v) is 18.9. The van der Waals surface area contributed by atoms with Crippen LogP contribution in [0.1, 0.15) is 80.6 Å². The number of aryl methyl sites for hydroxylation is 1. The molecule has 14 heteroatoms. The van der Waals surface area contributed by atoms with Crippen LogP contribution in [0.15, 0.2) is 91.4 Å². The topological polar surface area (TPSA) is 161 Å². The Hall–Kier alpha value is -5.89. The van der Waals surface area contributed by atoms with Crippen molar-refractivity contribution in [1.82, 2.24) is 25.1 Å². The molecule has 302 valence electrons. The Bertz CT molecular complexity index is 2040. The van der Waals surface area contributed by atoms with Crippen LogP contribution >= 0.6 is 0 Å². The molecule has 0 saturated carbocycles. The van der Waals surface area contributed by atoms with Gasteiger partial charge < -0.3 is 34.9 Å². The molecule has 0 bridgehead atoms. The Kier molecular flexibility index (Phi) is 13.6. The number of aromatic nitrogens is 2. The third-order valence-corrected chi connectivity index (χ3v) is 9.45. The van der Waals surface area contributed by atoms with Crippen molar-refractivity contribution in [3.63, 3.8) is 0 Å². The summed E-state index contributed by atoms with van der Waals surface area (Å²) in [5, 5.41) is 8.00. The average Bonchev–Trinajstić information content (AvgIpc) is 3.61. The van der Waals surface area contributed by atoms with Gasteiger partial charge in [0.2, 0.25) is 11.8 Å². The molecule has 1 saturated heterocycles. The molecule has 1 aliphatic heterocycles. The number of nitrogens with zero attached hydrogens (tertiary/aromatic N) is 3. The van der Waals surface area contributed by atoms with E-state index in [-0.39, 0.29) is 36.6 Å². The minimum atomic E-state index is -1.47. The SMILES string of the molecule is Cc1cccc(C(C(=O)N2CCC(C(=O)c3ccc(F)cc3)CC2)n2cnc(NC(=O)C(COCc3ccccc3)NC(=O)C(C)(C)NC(=O)OC(C)(C)C)c2)c1. The predicted octanol–water partition coefficient (Wildman–Crippen LogP) is 5.98. The van der Waals surface area contributed by atoms with E-state index >= 15 is 0 Å². The highest BCUT2D eigenvalue weighted by Crippen LogP contribution is 2.28. The van der Waals surface area contributed by atoms with Gasteiger partial charge >= 0.3 is 6.09 Å². The second kappa shape index (κ2) is 18.4. The van der Waals surface area contributed by atoms with Gasteiger partial charge in [-0.3, -0.25) is 19.2 Å². The predicted molar refractivity (Wildman–Crippen MR) is 212 cm³/mol. The normalized spacial score (nSPS) is 14.6. The molecular weight excluding hydrogens is 732 g/mol. The van der Waals surface area contributed by atoms with E-state index in [9.17, 15) is 28.4 Å². The first-order chi connectivity index (χ1) is 27.0. The van der Waals surface area contributed by atoms with Crippen LogP contribution < -0.4 is 16.0 Å². The summed E-state index contributed by atoms with van der Waals surface area (Å²) in [5.74, 6) is -2.16. The van der Waals surface area contributed by atoms with Crippen LogP contribution in [0.5, 0.6) is 0 Å². The van der Waals surface area contributed by atoms with E-state index in [1.54, 1.807) is 36.4 Å². The Balaban J connectivity index is 1.31.